The molecule has 5 atom stereocenters. The summed E-state index contributed by atoms with van der Waals surface area (Å²) in [6.45, 7) is 2.29. The van der Waals surface area contributed by atoms with Crippen LogP contribution in [0.3, 0.4) is 0 Å². The predicted molar refractivity (Wildman–Crippen MR) is 135 cm³/mol. The summed E-state index contributed by atoms with van der Waals surface area (Å²) in [6.07, 6.45) is 5.70. The van der Waals surface area contributed by atoms with Gasteiger partial charge in [-0.05, 0) is 62.5 Å². The summed E-state index contributed by atoms with van der Waals surface area (Å²) in [4.78, 5) is 29.9. The van der Waals surface area contributed by atoms with Crippen LogP contribution in [-0.4, -0.2) is 71.2 Å². The fourth-order valence-electron chi connectivity index (χ4n) is 7.57. The second kappa shape index (κ2) is 8.10. The fraction of sp³-hybridized carbons (Fsp3) is 0.448. The van der Waals surface area contributed by atoms with Gasteiger partial charge in [-0.25, -0.2) is 0 Å². The number of amides is 1. The number of likely N-dealkylation sites (N-methyl/N-ethyl adjacent to an activating group) is 2. The third kappa shape index (κ3) is 3.01. The van der Waals surface area contributed by atoms with Crippen LogP contribution in [-0.2, 0) is 26.2 Å². The Labute approximate surface area is 211 Å². The number of piperidine rings is 1. The van der Waals surface area contributed by atoms with Crippen molar-refractivity contribution in [2.75, 3.05) is 20.6 Å². The molecule has 1 saturated heterocycles. The molecule has 1 spiro atoms. The number of phenolic OH excluding ortho intramolecular Hbond substituents is 1. The first kappa shape index (κ1) is 23.1. The molecule has 2 heterocycles. The molecule has 1 saturated carbocycles. The highest BCUT2D eigenvalue weighted by atomic mass is 16.6. The fourth-order valence-corrected chi connectivity index (χ4v) is 7.57. The van der Waals surface area contributed by atoms with Crippen LogP contribution < -0.4 is 4.74 Å². The molecule has 2 unspecified atom stereocenters. The van der Waals surface area contributed by atoms with E-state index in [2.05, 4.69) is 11.9 Å². The number of ether oxygens (including phenoxy) is 2. The van der Waals surface area contributed by atoms with Crippen LogP contribution in [0.4, 0.5) is 0 Å². The number of likely N-dealkylation sites (tertiary alicyclic amines) is 1. The minimum absolute atomic E-state index is 0.00387. The van der Waals surface area contributed by atoms with Crippen molar-refractivity contribution in [2.24, 2.45) is 0 Å². The maximum Gasteiger partial charge on any atom is 0.303 e. The Balaban J connectivity index is 1.44. The van der Waals surface area contributed by atoms with Gasteiger partial charge < -0.3 is 19.5 Å². The zero-order valence-electron chi connectivity index (χ0n) is 20.9. The smallest absolute Gasteiger partial charge is 0.303 e. The maximum absolute atomic E-state index is 13.3. The van der Waals surface area contributed by atoms with Gasteiger partial charge in [-0.15, -0.1) is 0 Å². The molecule has 2 bridgehead atoms. The van der Waals surface area contributed by atoms with Crippen molar-refractivity contribution < 1.29 is 24.2 Å². The Bertz CT molecular complexity index is 1260. The highest BCUT2D eigenvalue weighted by molar-refractivity contribution is 5.92. The average Bonchev–Trinajstić information content (AvgIpc) is 3.22. The summed E-state index contributed by atoms with van der Waals surface area (Å²) >= 11 is 0. The summed E-state index contributed by atoms with van der Waals surface area (Å²) < 4.78 is 13.0. The normalized spacial score (nSPS) is 32.0. The highest BCUT2D eigenvalue weighted by Gasteiger charge is 2.75. The van der Waals surface area contributed by atoms with Crippen molar-refractivity contribution in [3.8, 4) is 11.5 Å². The quantitative estimate of drug-likeness (QED) is 0.526. The Morgan fingerprint density at radius 1 is 1.19 bits per heavy atom. The van der Waals surface area contributed by atoms with Gasteiger partial charge in [0, 0.05) is 25.6 Å². The van der Waals surface area contributed by atoms with Crippen LogP contribution >= 0.6 is 0 Å². The van der Waals surface area contributed by atoms with Gasteiger partial charge >= 0.3 is 5.97 Å². The highest BCUT2D eigenvalue weighted by Crippen LogP contribution is 2.66. The second-order valence-electron chi connectivity index (χ2n) is 10.7. The number of benzene rings is 2. The number of hydrogen-bond acceptors (Lipinski definition) is 6. The predicted octanol–water partition coefficient (Wildman–Crippen LogP) is 3.29. The zero-order chi connectivity index (χ0) is 25.2. The maximum atomic E-state index is 13.3. The Morgan fingerprint density at radius 3 is 2.72 bits per heavy atom. The summed E-state index contributed by atoms with van der Waals surface area (Å²) in [5.74, 6) is 0.177. The molecule has 2 aromatic rings. The van der Waals surface area contributed by atoms with E-state index in [9.17, 15) is 14.7 Å². The van der Waals surface area contributed by atoms with Gasteiger partial charge in [-0.3, -0.25) is 14.5 Å². The lowest BCUT2D eigenvalue weighted by Crippen LogP contribution is -2.78. The van der Waals surface area contributed by atoms with Gasteiger partial charge in [0.2, 0.25) is 5.91 Å². The topological polar surface area (TPSA) is 79.3 Å². The molecular formula is C29H32N2O5. The SMILES string of the molecule is CC(=O)O[C@@]12CCC(N(C)C(=O)/C=C/c3ccccc3)C3Oc4c(O)ccc5c4[C@@]31CCN(C)[C@@H]2C5. The first-order valence-electron chi connectivity index (χ1n) is 12.7. The number of esters is 1. The third-order valence-corrected chi connectivity index (χ3v) is 9.05. The number of hydrogen-bond donors (Lipinski definition) is 1. The first-order chi connectivity index (χ1) is 17.3. The lowest BCUT2D eigenvalue weighted by Gasteiger charge is -2.65. The van der Waals surface area contributed by atoms with Crippen LogP contribution in [0.2, 0.25) is 0 Å². The lowest BCUT2D eigenvalue weighted by molar-refractivity contribution is -0.220. The van der Waals surface area contributed by atoms with Gasteiger partial charge in [-0.1, -0.05) is 36.4 Å². The Kier molecular flexibility index (Phi) is 5.20. The molecule has 1 N–H and O–H groups in total. The van der Waals surface area contributed by atoms with Crippen LogP contribution in [0.5, 0.6) is 11.5 Å². The van der Waals surface area contributed by atoms with E-state index in [1.807, 2.05) is 49.5 Å². The molecule has 2 aromatic carbocycles. The molecule has 6 rings (SSSR count). The van der Waals surface area contributed by atoms with E-state index >= 15 is 0 Å². The Hall–Kier alpha value is -3.32. The molecule has 4 aliphatic rings. The second-order valence-corrected chi connectivity index (χ2v) is 10.7. The minimum atomic E-state index is -0.775. The average molecular weight is 489 g/mol. The van der Waals surface area contributed by atoms with Gasteiger partial charge in [-0.2, -0.15) is 0 Å². The molecule has 188 valence electrons. The molecule has 2 fully saturated rings. The van der Waals surface area contributed by atoms with E-state index in [1.165, 1.54) is 6.92 Å². The van der Waals surface area contributed by atoms with Crippen molar-refractivity contribution in [1.82, 2.24) is 9.80 Å². The van der Waals surface area contributed by atoms with Gasteiger partial charge in [0.05, 0.1) is 17.5 Å². The minimum Gasteiger partial charge on any atom is -0.504 e. The molecule has 0 aromatic heterocycles. The summed E-state index contributed by atoms with van der Waals surface area (Å²) in [6, 6.07) is 13.2. The molecule has 1 amide bonds. The molecular weight excluding hydrogens is 456 g/mol. The number of nitrogens with zero attached hydrogens (tertiary/aromatic N) is 2. The van der Waals surface area contributed by atoms with Crippen molar-refractivity contribution in [3.63, 3.8) is 0 Å². The Morgan fingerprint density at radius 2 is 1.97 bits per heavy atom. The summed E-state index contributed by atoms with van der Waals surface area (Å²) in [7, 11) is 3.91. The van der Waals surface area contributed by atoms with Crippen molar-refractivity contribution in [3.05, 3.63) is 65.2 Å². The number of carbonyl (C=O) groups is 2. The van der Waals surface area contributed by atoms with Crippen molar-refractivity contribution in [2.45, 2.75) is 61.8 Å². The van der Waals surface area contributed by atoms with Crippen LogP contribution in [0.15, 0.2) is 48.5 Å². The third-order valence-electron chi connectivity index (χ3n) is 9.05. The number of aromatic hydroxyl groups is 1. The van der Waals surface area contributed by atoms with Gasteiger partial charge in [0.1, 0.15) is 11.7 Å². The summed E-state index contributed by atoms with van der Waals surface area (Å²) in [5, 5.41) is 10.8. The van der Waals surface area contributed by atoms with Crippen molar-refractivity contribution in [1.29, 1.82) is 0 Å². The van der Waals surface area contributed by atoms with Gasteiger partial charge in [0.15, 0.2) is 11.5 Å². The van der Waals surface area contributed by atoms with Crippen LogP contribution in [0.25, 0.3) is 6.08 Å². The van der Waals surface area contributed by atoms with Crippen LogP contribution in [0, 0.1) is 0 Å². The monoisotopic (exact) mass is 488 g/mol. The van der Waals surface area contributed by atoms with E-state index in [-0.39, 0.29) is 29.7 Å². The van der Waals surface area contributed by atoms with E-state index in [0.717, 1.165) is 36.1 Å². The molecule has 7 nitrogen and oxygen atoms in total. The van der Waals surface area contributed by atoms with E-state index < -0.39 is 17.1 Å². The van der Waals surface area contributed by atoms with Gasteiger partial charge in [0.25, 0.3) is 0 Å². The molecule has 36 heavy (non-hydrogen) atoms. The largest absolute Gasteiger partial charge is 0.504 e. The molecule has 0 radical (unpaired) electrons. The standard InChI is InChI=1S/C29H32N2O5/c1-18(32)36-29-14-13-21(31(3)24(34)12-9-19-7-5-4-6-8-19)27-28(29)15-16-30(2)23(29)17-20-10-11-22(33)26(35-27)25(20)28/h4-12,21,23,27,33H,13-17H2,1-3H3/b12-9+/t21?,23-,27?,28+,29-/m1/s1. The lowest BCUT2D eigenvalue weighted by atomic mass is 9.48. The molecule has 7 heteroatoms. The number of carbonyl (C=O) groups excluding carboxylic acids is 2. The van der Waals surface area contributed by atoms with E-state index in [4.69, 9.17) is 9.47 Å². The molecule has 2 aliphatic carbocycles. The first-order valence-corrected chi connectivity index (χ1v) is 12.7. The number of rotatable bonds is 4. The van der Waals surface area contributed by atoms with E-state index in [1.54, 1.807) is 17.0 Å². The summed E-state index contributed by atoms with van der Waals surface area (Å²) in [5.41, 5.74) is 1.66. The number of phenols is 1. The van der Waals surface area contributed by atoms with Crippen molar-refractivity contribution >= 4 is 18.0 Å². The van der Waals surface area contributed by atoms with E-state index in [0.29, 0.717) is 18.6 Å². The molecule has 2 aliphatic heterocycles. The zero-order valence-corrected chi connectivity index (χ0v) is 20.9. The van der Waals surface area contributed by atoms with Crippen LogP contribution in [0.1, 0.15) is 42.9 Å².